The Morgan fingerprint density at radius 1 is 1.30 bits per heavy atom. The number of aryl methyl sites for hydroxylation is 1. The molecule has 0 saturated carbocycles. The highest BCUT2D eigenvalue weighted by molar-refractivity contribution is 9.10. The van der Waals surface area contributed by atoms with Crippen LogP contribution in [0.25, 0.3) is 0 Å². The minimum absolute atomic E-state index is 0.233. The molecule has 0 aliphatic rings. The number of carbonyl (C=O) groups excluding carboxylic acids is 1. The lowest BCUT2D eigenvalue weighted by Gasteiger charge is -2.10. The molecule has 2 rings (SSSR count). The molecule has 0 aliphatic carbocycles. The van der Waals surface area contributed by atoms with Gasteiger partial charge < -0.3 is 11.1 Å². The summed E-state index contributed by atoms with van der Waals surface area (Å²) in [4.78, 5) is 12.2. The monoisotopic (exact) mass is 352 g/mol. The van der Waals surface area contributed by atoms with E-state index in [1.165, 1.54) is 0 Å². The second-order valence-electron chi connectivity index (χ2n) is 4.35. The smallest absolute Gasteiger partial charge is 0.256 e. The Labute approximate surface area is 131 Å². The Morgan fingerprint density at radius 2 is 2.05 bits per heavy atom. The van der Waals surface area contributed by atoms with Gasteiger partial charge in [-0.05, 0) is 58.2 Å². The van der Waals surface area contributed by atoms with Crippen LogP contribution in [0.3, 0.4) is 0 Å². The Balaban J connectivity index is 2.23. The molecular weight excluding hydrogens is 340 g/mol. The Bertz CT molecular complexity index is 658. The molecular formula is C15H14BrClN2O. The van der Waals surface area contributed by atoms with E-state index in [1.807, 2.05) is 19.1 Å². The van der Waals surface area contributed by atoms with Crippen LogP contribution in [0, 0.1) is 0 Å². The summed E-state index contributed by atoms with van der Waals surface area (Å²) in [6.07, 6.45) is 0.861. The molecule has 3 N–H and O–H groups in total. The van der Waals surface area contributed by atoms with Gasteiger partial charge in [-0.3, -0.25) is 4.79 Å². The predicted octanol–water partition coefficient (Wildman–Crippen LogP) is 4.50. The molecule has 0 unspecified atom stereocenters. The number of carbonyl (C=O) groups is 1. The zero-order chi connectivity index (χ0) is 14.7. The zero-order valence-corrected chi connectivity index (χ0v) is 13.3. The maximum atomic E-state index is 12.2. The summed E-state index contributed by atoms with van der Waals surface area (Å²) in [5.74, 6) is -0.233. The lowest BCUT2D eigenvalue weighted by molar-refractivity contribution is 0.102. The van der Waals surface area contributed by atoms with Gasteiger partial charge in [-0.15, -0.1) is 0 Å². The van der Waals surface area contributed by atoms with Gasteiger partial charge in [0, 0.05) is 20.9 Å². The zero-order valence-electron chi connectivity index (χ0n) is 10.9. The molecule has 0 fully saturated rings. The van der Waals surface area contributed by atoms with Crippen LogP contribution in [-0.4, -0.2) is 5.91 Å². The van der Waals surface area contributed by atoms with Gasteiger partial charge in [-0.1, -0.05) is 24.6 Å². The summed E-state index contributed by atoms with van der Waals surface area (Å²) >= 11 is 9.25. The first-order chi connectivity index (χ1) is 9.51. The van der Waals surface area contributed by atoms with Crippen LogP contribution in [0.1, 0.15) is 22.8 Å². The third kappa shape index (κ3) is 3.32. The summed E-state index contributed by atoms with van der Waals surface area (Å²) in [6, 6.07) is 10.6. The maximum absolute atomic E-state index is 12.2. The molecule has 0 aromatic heterocycles. The number of benzene rings is 2. The van der Waals surface area contributed by atoms with E-state index in [0.717, 1.165) is 12.0 Å². The van der Waals surface area contributed by atoms with E-state index in [2.05, 4.69) is 21.2 Å². The summed E-state index contributed by atoms with van der Waals surface area (Å²) < 4.78 is 0.692. The average Bonchev–Trinajstić information content (AvgIpc) is 2.41. The minimum atomic E-state index is -0.233. The van der Waals surface area contributed by atoms with Crippen molar-refractivity contribution in [3.8, 4) is 0 Å². The number of halogens is 2. The molecule has 2 aromatic carbocycles. The van der Waals surface area contributed by atoms with E-state index in [-0.39, 0.29) is 5.91 Å². The fourth-order valence-corrected chi connectivity index (χ4v) is 2.46. The van der Waals surface area contributed by atoms with Crippen LogP contribution < -0.4 is 11.1 Å². The van der Waals surface area contributed by atoms with E-state index in [4.69, 9.17) is 17.3 Å². The van der Waals surface area contributed by atoms with E-state index >= 15 is 0 Å². The van der Waals surface area contributed by atoms with Crippen molar-refractivity contribution in [2.45, 2.75) is 13.3 Å². The van der Waals surface area contributed by atoms with Crippen LogP contribution in [0.15, 0.2) is 40.9 Å². The van der Waals surface area contributed by atoms with E-state index < -0.39 is 0 Å². The highest BCUT2D eigenvalue weighted by atomic mass is 79.9. The summed E-state index contributed by atoms with van der Waals surface area (Å²) in [5, 5.41) is 3.32. The number of hydrogen-bond donors (Lipinski definition) is 2. The third-order valence-corrected chi connectivity index (χ3v) is 3.88. The van der Waals surface area contributed by atoms with Crippen LogP contribution >= 0.6 is 27.5 Å². The standard InChI is InChI=1S/C15H14BrClN2O/c1-2-9-3-5-11(8-14(9)18)19-15(20)12-7-10(17)4-6-13(12)16/h3-8H,2,18H2,1H3,(H,19,20). The first-order valence-electron chi connectivity index (χ1n) is 6.16. The topological polar surface area (TPSA) is 55.1 Å². The van der Waals surface area contributed by atoms with Crippen molar-refractivity contribution in [1.82, 2.24) is 0 Å². The van der Waals surface area contributed by atoms with E-state index in [1.54, 1.807) is 24.3 Å². The fourth-order valence-electron chi connectivity index (χ4n) is 1.86. The number of rotatable bonds is 3. The normalized spacial score (nSPS) is 10.3. The van der Waals surface area contributed by atoms with Crippen LogP contribution in [0.5, 0.6) is 0 Å². The summed E-state index contributed by atoms with van der Waals surface area (Å²) in [6.45, 7) is 2.03. The van der Waals surface area contributed by atoms with Gasteiger partial charge in [0.15, 0.2) is 0 Å². The number of anilines is 2. The summed E-state index contributed by atoms with van der Waals surface area (Å²) in [5.41, 5.74) is 8.80. The molecule has 0 radical (unpaired) electrons. The van der Waals surface area contributed by atoms with E-state index in [0.29, 0.717) is 26.4 Å². The van der Waals surface area contributed by atoms with Crippen molar-refractivity contribution >= 4 is 44.8 Å². The third-order valence-electron chi connectivity index (χ3n) is 2.96. The second kappa shape index (κ2) is 6.29. The molecule has 0 aliphatic heterocycles. The molecule has 1 amide bonds. The largest absolute Gasteiger partial charge is 0.398 e. The Morgan fingerprint density at radius 3 is 2.70 bits per heavy atom. The SMILES string of the molecule is CCc1ccc(NC(=O)c2cc(Cl)ccc2Br)cc1N. The van der Waals surface area contributed by atoms with Crippen LogP contribution in [0.4, 0.5) is 11.4 Å². The molecule has 3 nitrogen and oxygen atoms in total. The lowest BCUT2D eigenvalue weighted by atomic mass is 10.1. The highest BCUT2D eigenvalue weighted by Crippen LogP contribution is 2.23. The van der Waals surface area contributed by atoms with Crippen LogP contribution in [-0.2, 0) is 6.42 Å². The first kappa shape index (κ1) is 14.9. The molecule has 0 bridgehead atoms. The fraction of sp³-hybridized carbons (Fsp3) is 0.133. The predicted molar refractivity (Wildman–Crippen MR) is 87.3 cm³/mol. The highest BCUT2D eigenvalue weighted by Gasteiger charge is 2.11. The number of amides is 1. The van der Waals surface area contributed by atoms with Gasteiger partial charge in [0.2, 0.25) is 0 Å². The molecule has 104 valence electrons. The van der Waals surface area contributed by atoms with Crippen molar-refractivity contribution in [2.75, 3.05) is 11.1 Å². The Kier molecular flexibility index (Phi) is 4.68. The Hall–Kier alpha value is -1.52. The van der Waals surface area contributed by atoms with Gasteiger partial charge in [0.05, 0.1) is 5.56 Å². The number of nitrogens with one attached hydrogen (secondary N) is 1. The first-order valence-corrected chi connectivity index (χ1v) is 7.33. The van der Waals surface area contributed by atoms with Crippen LogP contribution in [0.2, 0.25) is 5.02 Å². The molecule has 0 spiro atoms. The van der Waals surface area contributed by atoms with Gasteiger partial charge >= 0.3 is 0 Å². The molecule has 20 heavy (non-hydrogen) atoms. The number of nitrogens with two attached hydrogens (primary N) is 1. The van der Waals surface area contributed by atoms with E-state index in [9.17, 15) is 4.79 Å². The molecule has 5 heteroatoms. The van der Waals surface area contributed by atoms with Crippen molar-refractivity contribution in [3.05, 3.63) is 57.0 Å². The average molecular weight is 354 g/mol. The van der Waals surface area contributed by atoms with Gasteiger partial charge in [0.25, 0.3) is 5.91 Å². The van der Waals surface area contributed by atoms with Crippen molar-refractivity contribution in [1.29, 1.82) is 0 Å². The number of nitrogen functional groups attached to an aromatic ring is 1. The minimum Gasteiger partial charge on any atom is -0.398 e. The van der Waals surface area contributed by atoms with Crippen molar-refractivity contribution in [2.24, 2.45) is 0 Å². The lowest BCUT2D eigenvalue weighted by Crippen LogP contribution is -2.13. The van der Waals surface area contributed by atoms with Crippen molar-refractivity contribution < 1.29 is 4.79 Å². The molecule has 2 aromatic rings. The van der Waals surface area contributed by atoms with Gasteiger partial charge in [-0.2, -0.15) is 0 Å². The molecule has 0 atom stereocenters. The summed E-state index contributed by atoms with van der Waals surface area (Å²) in [7, 11) is 0. The molecule has 0 heterocycles. The maximum Gasteiger partial charge on any atom is 0.256 e. The van der Waals surface area contributed by atoms with Crippen molar-refractivity contribution in [3.63, 3.8) is 0 Å². The van der Waals surface area contributed by atoms with Gasteiger partial charge in [0.1, 0.15) is 0 Å². The number of hydrogen-bond acceptors (Lipinski definition) is 2. The van der Waals surface area contributed by atoms with Gasteiger partial charge in [-0.25, -0.2) is 0 Å². The quantitative estimate of drug-likeness (QED) is 0.798. The molecule has 0 saturated heterocycles. The second-order valence-corrected chi connectivity index (χ2v) is 5.64.